The summed E-state index contributed by atoms with van der Waals surface area (Å²) in [7, 11) is 1.83. The Morgan fingerprint density at radius 1 is 1.27 bits per heavy atom. The average molecular weight is 494 g/mol. The number of aliphatic imine (C=N–C) groups is 1. The summed E-state index contributed by atoms with van der Waals surface area (Å²) in [4.78, 5) is 15.2. The summed E-state index contributed by atoms with van der Waals surface area (Å²) in [5.41, 5.74) is 0. The maximum Gasteiger partial charge on any atom is 0.191 e. The monoisotopic (exact) mass is 494 g/mol. The molecule has 26 heavy (non-hydrogen) atoms. The van der Waals surface area contributed by atoms with Crippen LogP contribution in [0, 0.1) is 0 Å². The maximum absolute atomic E-state index is 4.47. The molecule has 1 fully saturated rings. The van der Waals surface area contributed by atoms with E-state index in [1.165, 1.54) is 23.0 Å². The summed E-state index contributed by atoms with van der Waals surface area (Å²) < 4.78 is 0. The van der Waals surface area contributed by atoms with E-state index in [0.29, 0.717) is 6.04 Å². The molecule has 0 aromatic carbocycles. The summed E-state index contributed by atoms with van der Waals surface area (Å²) in [5.74, 6) is 0.881. The zero-order valence-electron chi connectivity index (χ0n) is 16.6. The molecule has 1 unspecified atom stereocenters. The molecule has 0 radical (unpaired) electrons. The van der Waals surface area contributed by atoms with Gasteiger partial charge in [0.2, 0.25) is 0 Å². The van der Waals surface area contributed by atoms with Gasteiger partial charge in [-0.3, -0.25) is 9.89 Å². The van der Waals surface area contributed by atoms with Gasteiger partial charge in [-0.05, 0) is 19.9 Å². The molecule has 1 aliphatic heterocycles. The van der Waals surface area contributed by atoms with Gasteiger partial charge in [-0.1, -0.05) is 13.8 Å². The Morgan fingerprint density at radius 3 is 2.58 bits per heavy atom. The van der Waals surface area contributed by atoms with Crippen molar-refractivity contribution in [2.75, 3.05) is 52.9 Å². The average Bonchev–Trinajstić information content (AvgIpc) is 3.12. The van der Waals surface area contributed by atoms with Gasteiger partial charge in [-0.25, -0.2) is 4.98 Å². The summed E-state index contributed by atoms with van der Waals surface area (Å²) in [6.07, 6.45) is 4.01. The fraction of sp³-hybridized carbons (Fsp3) is 0.778. The van der Waals surface area contributed by atoms with Crippen molar-refractivity contribution >= 4 is 41.3 Å². The van der Waals surface area contributed by atoms with Gasteiger partial charge in [0.15, 0.2) is 5.96 Å². The molecule has 8 heteroatoms. The minimum atomic E-state index is 0. The van der Waals surface area contributed by atoms with Crippen molar-refractivity contribution in [3.05, 3.63) is 16.1 Å². The van der Waals surface area contributed by atoms with Gasteiger partial charge in [0.25, 0.3) is 0 Å². The standard InChI is InChI=1S/C18H34N6S.HI/c1-5-16-14-21-17(25-16)7-8-20-18(19-4)22-13-15(3)24-11-9-23(6-2)10-12-24;/h14-15H,5-13H2,1-4H3,(H2,19,20,22);1H. The fourth-order valence-corrected chi connectivity index (χ4v) is 3.89. The van der Waals surface area contributed by atoms with E-state index in [-0.39, 0.29) is 24.0 Å². The van der Waals surface area contributed by atoms with Crippen LogP contribution in [-0.2, 0) is 12.8 Å². The zero-order valence-corrected chi connectivity index (χ0v) is 19.8. The topological polar surface area (TPSA) is 55.8 Å². The molecule has 2 rings (SSSR count). The first-order chi connectivity index (χ1) is 12.2. The van der Waals surface area contributed by atoms with Crippen LogP contribution in [0.25, 0.3) is 0 Å². The lowest BCUT2D eigenvalue weighted by atomic mass is 10.2. The van der Waals surface area contributed by atoms with Crippen LogP contribution >= 0.6 is 35.3 Å². The first-order valence-corrected chi connectivity index (χ1v) is 10.3. The second-order valence-electron chi connectivity index (χ2n) is 6.52. The van der Waals surface area contributed by atoms with Crippen molar-refractivity contribution in [1.82, 2.24) is 25.4 Å². The largest absolute Gasteiger partial charge is 0.356 e. The number of likely N-dealkylation sites (N-methyl/N-ethyl adjacent to an activating group) is 1. The van der Waals surface area contributed by atoms with Crippen molar-refractivity contribution in [1.29, 1.82) is 0 Å². The predicted molar refractivity (Wildman–Crippen MR) is 123 cm³/mol. The fourth-order valence-electron chi connectivity index (χ4n) is 3.03. The SMILES string of the molecule is CCc1cnc(CCNC(=NC)NCC(C)N2CCN(CC)CC2)s1.I. The van der Waals surface area contributed by atoms with Crippen LogP contribution in [0.1, 0.15) is 30.7 Å². The third kappa shape index (κ3) is 7.66. The summed E-state index contributed by atoms with van der Waals surface area (Å²) in [6, 6.07) is 0.517. The molecule has 1 aromatic rings. The van der Waals surface area contributed by atoms with E-state index in [4.69, 9.17) is 0 Å². The number of halogens is 1. The van der Waals surface area contributed by atoms with Gasteiger partial charge in [0.05, 0.1) is 5.01 Å². The summed E-state index contributed by atoms with van der Waals surface area (Å²) in [5, 5.41) is 8.06. The van der Waals surface area contributed by atoms with Crippen LogP contribution in [0.4, 0.5) is 0 Å². The van der Waals surface area contributed by atoms with Gasteiger partial charge >= 0.3 is 0 Å². The van der Waals surface area contributed by atoms with E-state index in [1.54, 1.807) is 0 Å². The molecule has 0 saturated carbocycles. The number of aromatic nitrogens is 1. The first kappa shape index (κ1) is 23.6. The van der Waals surface area contributed by atoms with Gasteiger partial charge in [0.1, 0.15) is 0 Å². The second-order valence-corrected chi connectivity index (χ2v) is 7.72. The number of guanidine groups is 1. The van der Waals surface area contributed by atoms with E-state index in [2.05, 4.69) is 51.2 Å². The Labute approximate surface area is 179 Å². The van der Waals surface area contributed by atoms with Crippen LogP contribution in [-0.4, -0.2) is 79.6 Å². The molecule has 0 spiro atoms. The van der Waals surface area contributed by atoms with E-state index in [0.717, 1.165) is 51.5 Å². The molecule has 1 aromatic heterocycles. The lowest BCUT2D eigenvalue weighted by molar-refractivity contribution is 0.107. The number of nitrogens with one attached hydrogen (secondary N) is 2. The van der Waals surface area contributed by atoms with E-state index in [1.807, 2.05) is 24.6 Å². The normalized spacial score (nSPS) is 17.6. The van der Waals surface area contributed by atoms with Crippen LogP contribution in [0.3, 0.4) is 0 Å². The molecule has 2 heterocycles. The first-order valence-electron chi connectivity index (χ1n) is 9.50. The Bertz CT molecular complexity index is 528. The molecule has 1 atom stereocenters. The highest BCUT2D eigenvalue weighted by Gasteiger charge is 2.20. The maximum atomic E-state index is 4.47. The van der Waals surface area contributed by atoms with Crippen LogP contribution < -0.4 is 10.6 Å². The molecular weight excluding hydrogens is 459 g/mol. The predicted octanol–water partition coefficient (Wildman–Crippen LogP) is 2.06. The van der Waals surface area contributed by atoms with Crippen molar-refractivity contribution < 1.29 is 0 Å². The van der Waals surface area contributed by atoms with Crippen LogP contribution in [0.5, 0.6) is 0 Å². The Kier molecular flexibility index (Phi) is 11.7. The smallest absolute Gasteiger partial charge is 0.191 e. The number of piperazine rings is 1. The van der Waals surface area contributed by atoms with Crippen molar-refractivity contribution in [3.8, 4) is 0 Å². The van der Waals surface area contributed by atoms with Gasteiger partial charge in [-0.15, -0.1) is 35.3 Å². The minimum Gasteiger partial charge on any atom is -0.356 e. The highest BCUT2D eigenvalue weighted by atomic mass is 127. The molecule has 150 valence electrons. The summed E-state index contributed by atoms with van der Waals surface area (Å²) in [6.45, 7) is 14.3. The number of nitrogens with zero attached hydrogens (tertiary/aromatic N) is 4. The molecular formula is C18H35IN6S. The highest BCUT2D eigenvalue weighted by Crippen LogP contribution is 2.13. The lowest BCUT2D eigenvalue weighted by Crippen LogP contribution is -2.53. The minimum absolute atomic E-state index is 0. The Hall–Kier alpha value is -0.450. The summed E-state index contributed by atoms with van der Waals surface area (Å²) >= 11 is 1.81. The number of aryl methyl sites for hydroxylation is 1. The van der Waals surface area contributed by atoms with E-state index in [9.17, 15) is 0 Å². The number of hydrogen-bond acceptors (Lipinski definition) is 5. The van der Waals surface area contributed by atoms with Gasteiger partial charge < -0.3 is 15.5 Å². The second kappa shape index (κ2) is 12.9. The van der Waals surface area contributed by atoms with Crippen molar-refractivity contribution in [3.63, 3.8) is 0 Å². The zero-order chi connectivity index (χ0) is 18.1. The highest BCUT2D eigenvalue weighted by molar-refractivity contribution is 14.0. The molecule has 0 amide bonds. The lowest BCUT2D eigenvalue weighted by Gasteiger charge is -2.37. The Morgan fingerprint density at radius 2 is 2.00 bits per heavy atom. The van der Waals surface area contributed by atoms with Crippen LogP contribution in [0.15, 0.2) is 11.2 Å². The molecule has 1 aliphatic rings. The van der Waals surface area contributed by atoms with Crippen LogP contribution in [0.2, 0.25) is 0 Å². The van der Waals surface area contributed by atoms with Gasteiger partial charge in [0, 0.05) is 69.9 Å². The van der Waals surface area contributed by atoms with Crippen molar-refractivity contribution in [2.45, 2.75) is 39.7 Å². The molecule has 6 nitrogen and oxygen atoms in total. The Balaban J connectivity index is 0.00000338. The third-order valence-electron chi connectivity index (χ3n) is 4.85. The molecule has 0 aliphatic carbocycles. The number of thiazole rings is 1. The van der Waals surface area contributed by atoms with Gasteiger partial charge in [-0.2, -0.15) is 0 Å². The quantitative estimate of drug-likeness (QED) is 0.329. The van der Waals surface area contributed by atoms with Crippen molar-refractivity contribution in [2.24, 2.45) is 4.99 Å². The molecule has 0 bridgehead atoms. The van der Waals surface area contributed by atoms with E-state index < -0.39 is 0 Å². The number of hydrogen-bond donors (Lipinski definition) is 2. The third-order valence-corrected chi connectivity index (χ3v) is 6.05. The van der Waals surface area contributed by atoms with E-state index >= 15 is 0 Å². The molecule has 2 N–H and O–H groups in total. The molecule has 1 saturated heterocycles. The number of rotatable bonds is 8.